The highest BCUT2D eigenvalue weighted by molar-refractivity contribution is 6.24. The summed E-state index contributed by atoms with van der Waals surface area (Å²) in [4.78, 5) is 51.2. The van der Waals surface area contributed by atoms with Crippen molar-refractivity contribution in [2.75, 3.05) is 13.1 Å². The van der Waals surface area contributed by atoms with Gasteiger partial charge in [0.1, 0.15) is 6.04 Å². The van der Waals surface area contributed by atoms with Gasteiger partial charge in [-0.2, -0.15) is 0 Å². The van der Waals surface area contributed by atoms with E-state index in [1.165, 1.54) is 5.56 Å². The van der Waals surface area contributed by atoms with Crippen LogP contribution in [0.5, 0.6) is 0 Å². The molecular formula is C25H26N4O4. The van der Waals surface area contributed by atoms with E-state index in [1.807, 2.05) is 24.3 Å². The first-order chi connectivity index (χ1) is 16.0. The molecule has 4 amide bonds. The topological polar surface area (TPSA) is 108 Å². The maximum absolute atomic E-state index is 13.3. The Hall–Kier alpha value is -3.36. The molecule has 0 radical (unpaired) electrons. The number of imide groups is 2. The zero-order chi connectivity index (χ0) is 22.9. The molecule has 0 aromatic heterocycles. The second kappa shape index (κ2) is 8.88. The summed E-state index contributed by atoms with van der Waals surface area (Å²) < 4.78 is 0. The fourth-order valence-electron chi connectivity index (χ4n) is 5.13. The van der Waals surface area contributed by atoms with Crippen LogP contribution in [0.25, 0.3) is 0 Å². The lowest BCUT2D eigenvalue weighted by molar-refractivity contribution is -0.136. The van der Waals surface area contributed by atoms with Crippen LogP contribution in [0, 0.1) is 0 Å². The van der Waals surface area contributed by atoms with E-state index >= 15 is 0 Å². The highest BCUT2D eigenvalue weighted by Gasteiger charge is 2.45. The normalized spacial score (nSPS) is 25.2. The summed E-state index contributed by atoms with van der Waals surface area (Å²) in [6.07, 6.45) is 1.20. The Kier molecular flexibility index (Phi) is 5.78. The SMILES string of the molecule is O=C1CCC(N2C(=O)c3cccc(CNC4CCNCC4c4ccccc4)c3C2=O)C(=O)N1. The van der Waals surface area contributed by atoms with Gasteiger partial charge in [0.05, 0.1) is 11.1 Å². The fraction of sp³-hybridized carbons (Fsp3) is 0.360. The van der Waals surface area contributed by atoms with Gasteiger partial charge in [-0.15, -0.1) is 0 Å². The Labute approximate surface area is 191 Å². The Morgan fingerprint density at radius 1 is 0.939 bits per heavy atom. The number of hydrogen-bond acceptors (Lipinski definition) is 6. The summed E-state index contributed by atoms with van der Waals surface area (Å²) in [7, 11) is 0. The van der Waals surface area contributed by atoms with Crippen LogP contribution in [0.2, 0.25) is 0 Å². The standard InChI is InChI=1S/C25H26N4O4/c30-21-10-9-20(23(31)28-21)29-24(32)17-8-4-7-16(22(17)25(29)33)13-27-19-11-12-26-14-18(19)15-5-2-1-3-6-15/h1-8,18-20,26-27H,9-14H2,(H,28,30,31). The molecule has 3 aliphatic heterocycles. The number of amides is 4. The average Bonchev–Trinajstić information content (AvgIpc) is 3.09. The van der Waals surface area contributed by atoms with E-state index in [2.05, 4.69) is 28.1 Å². The van der Waals surface area contributed by atoms with Crippen molar-refractivity contribution in [1.29, 1.82) is 0 Å². The number of carbonyl (C=O) groups is 4. The van der Waals surface area contributed by atoms with Crippen molar-refractivity contribution >= 4 is 23.6 Å². The third-order valence-corrected chi connectivity index (χ3v) is 6.82. The Bertz CT molecular complexity index is 1120. The van der Waals surface area contributed by atoms with E-state index in [4.69, 9.17) is 0 Å². The summed E-state index contributed by atoms with van der Waals surface area (Å²) in [5.74, 6) is -1.62. The molecule has 33 heavy (non-hydrogen) atoms. The molecule has 3 atom stereocenters. The molecule has 3 heterocycles. The summed E-state index contributed by atoms with van der Waals surface area (Å²) in [6.45, 7) is 2.23. The first-order valence-electron chi connectivity index (χ1n) is 11.4. The Morgan fingerprint density at radius 3 is 2.55 bits per heavy atom. The molecule has 0 bridgehead atoms. The predicted octanol–water partition coefficient (Wildman–Crippen LogP) is 1.32. The molecule has 2 aromatic rings. The number of hydrogen-bond donors (Lipinski definition) is 3. The molecule has 3 aliphatic rings. The second-order valence-corrected chi connectivity index (χ2v) is 8.78. The van der Waals surface area contributed by atoms with E-state index < -0.39 is 23.8 Å². The molecule has 2 fully saturated rings. The van der Waals surface area contributed by atoms with Crippen LogP contribution in [0.15, 0.2) is 48.5 Å². The van der Waals surface area contributed by atoms with Gasteiger partial charge >= 0.3 is 0 Å². The van der Waals surface area contributed by atoms with Gasteiger partial charge in [0, 0.05) is 31.5 Å². The van der Waals surface area contributed by atoms with Crippen molar-refractivity contribution in [2.45, 2.75) is 43.8 Å². The molecule has 2 aromatic carbocycles. The van der Waals surface area contributed by atoms with Crippen LogP contribution >= 0.6 is 0 Å². The molecule has 2 saturated heterocycles. The van der Waals surface area contributed by atoms with Gasteiger partial charge in [0.2, 0.25) is 11.8 Å². The fourth-order valence-corrected chi connectivity index (χ4v) is 5.13. The smallest absolute Gasteiger partial charge is 0.262 e. The molecule has 3 unspecified atom stereocenters. The number of carbonyl (C=O) groups excluding carboxylic acids is 4. The number of piperidine rings is 2. The number of benzene rings is 2. The van der Waals surface area contributed by atoms with Gasteiger partial charge in [-0.1, -0.05) is 42.5 Å². The third-order valence-electron chi connectivity index (χ3n) is 6.82. The van der Waals surface area contributed by atoms with E-state index in [1.54, 1.807) is 12.1 Å². The molecule has 8 heteroatoms. The van der Waals surface area contributed by atoms with Crippen LogP contribution < -0.4 is 16.0 Å². The van der Waals surface area contributed by atoms with Crippen molar-refractivity contribution in [2.24, 2.45) is 0 Å². The van der Waals surface area contributed by atoms with E-state index in [9.17, 15) is 19.2 Å². The van der Waals surface area contributed by atoms with Gasteiger partial charge in [-0.25, -0.2) is 0 Å². The zero-order valence-corrected chi connectivity index (χ0v) is 18.2. The quantitative estimate of drug-likeness (QED) is 0.598. The predicted molar refractivity (Wildman–Crippen MR) is 120 cm³/mol. The van der Waals surface area contributed by atoms with Crippen LogP contribution in [0.4, 0.5) is 0 Å². The van der Waals surface area contributed by atoms with Gasteiger partial charge < -0.3 is 10.6 Å². The molecule has 0 aliphatic carbocycles. The highest BCUT2D eigenvalue weighted by Crippen LogP contribution is 2.30. The lowest BCUT2D eigenvalue weighted by Gasteiger charge is -2.33. The monoisotopic (exact) mass is 446 g/mol. The second-order valence-electron chi connectivity index (χ2n) is 8.78. The summed E-state index contributed by atoms with van der Waals surface area (Å²) in [6, 6.07) is 14.9. The minimum Gasteiger partial charge on any atom is -0.316 e. The molecule has 3 N–H and O–H groups in total. The molecular weight excluding hydrogens is 420 g/mol. The van der Waals surface area contributed by atoms with Gasteiger partial charge in [-0.05, 0) is 36.6 Å². The van der Waals surface area contributed by atoms with Gasteiger partial charge in [-0.3, -0.25) is 29.4 Å². The van der Waals surface area contributed by atoms with Crippen molar-refractivity contribution in [3.63, 3.8) is 0 Å². The largest absolute Gasteiger partial charge is 0.316 e. The minimum absolute atomic E-state index is 0.106. The van der Waals surface area contributed by atoms with E-state index in [0.29, 0.717) is 23.6 Å². The zero-order valence-electron chi connectivity index (χ0n) is 18.2. The highest BCUT2D eigenvalue weighted by atomic mass is 16.2. The van der Waals surface area contributed by atoms with E-state index in [-0.39, 0.29) is 24.8 Å². The summed E-state index contributed by atoms with van der Waals surface area (Å²) >= 11 is 0. The average molecular weight is 447 g/mol. The maximum atomic E-state index is 13.3. The van der Waals surface area contributed by atoms with Crippen LogP contribution in [0.1, 0.15) is 57.0 Å². The minimum atomic E-state index is -0.956. The number of nitrogens with one attached hydrogen (secondary N) is 3. The molecule has 8 nitrogen and oxygen atoms in total. The molecule has 0 spiro atoms. The van der Waals surface area contributed by atoms with Crippen LogP contribution in [-0.4, -0.2) is 53.7 Å². The molecule has 5 rings (SSSR count). The molecule has 170 valence electrons. The summed E-state index contributed by atoms with van der Waals surface area (Å²) in [5.41, 5.74) is 2.67. The lowest BCUT2D eigenvalue weighted by atomic mass is 9.86. The first kappa shape index (κ1) is 21.5. The van der Waals surface area contributed by atoms with Crippen molar-refractivity contribution < 1.29 is 19.2 Å². The lowest BCUT2D eigenvalue weighted by Crippen LogP contribution is -2.54. The van der Waals surface area contributed by atoms with Crippen LogP contribution in [-0.2, 0) is 16.1 Å². The third kappa shape index (κ3) is 3.96. The number of nitrogens with zero attached hydrogens (tertiary/aromatic N) is 1. The Balaban J connectivity index is 1.36. The van der Waals surface area contributed by atoms with Crippen molar-refractivity contribution in [3.8, 4) is 0 Å². The Morgan fingerprint density at radius 2 is 1.76 bits per heavy atom. The first-order valence-corrected chi connectivity index (χ1v) is 11.4. The number of fused-ring (bicyclic) bond motifs is 1. The van der Waals surface area contributed by atoms with Gasteiger partial charge in [0.15, 0.2) is 0 Å². The molecule has 0 saturated carbocycles. The van der Waals surface area contributed by atoms with Crippen molar-refractivity contribution in [1.82, 2.24) is 20.9 Å². The van der Waals surface area contributed by atoms with Gasteiger partial charge in [0.25, 0.3) is 11.8 Å². The number of rotatable bonds is 5. The van der Waals surface area contributed by atoms with Crippen molar-refractivity contribution in [3.05, 3.63) is 70.8 Å². The van der Waals surface area contributed by atoms with E-state index in [0.717, 1.165) is 30.0 Å². The van der Waals surface area contributed by atoms with Crippen LogP contribution in [0.3, 0.4) is 0 Å². The summed E-state index contributed by atoms with van der Waals surface area (Å²) in [5, 5.41) is 9.31. The maximum Gasteiger partial charge on any atom is 0.262 e.